The van der Waals surface area contributed by atoms with E-state index in [0.29, 0.717) is 22.9 Å². The van der Waals surface area contributed by atoms with Gasteiger partial charge in [-0.05, 0) is 61.1 Å². The monoisotopic (exact) mass is 362 g/mol. The molecule has 0 aliphatic heterocycles. The molecule has 0 heterocycles. The van der Waals surface area contributed by atoms with Crippen LogP contribution in [0.5, 0.6) is 5.75 Å². The molecule has 24 heavy (non-hydrogen) atoms. The zero-order valence-corrected chi connectivity index (χ0v) is 14.9. The van der Waals surface area contributed by atoms with E-state index in [1.807, 2.05) is 6.07 Å². The van der Waals surface area contributed by atoms with E-state index in [1.165, 1.54) is 0 Å². The Morgan fingerprint density at radius 2 is 1.96 bits per heavy atom. The minimum absolute atomic E-state index is 0.213. The minimum Gasteiger partial charge on any atom is -0.494 e. The van der Waals surface area contributed by atoms with Crippen molar-refractivity contribution in [2.45, 2.75) is 19.8 Å². The van der Waals surface area contributed by atoms with E-state index in [0.717, 1.165) is 18.6 Å². The van der Waals surface area contributed by atoms with Crippen LogP contribution in [-0.4, -0.2) is 17.6 Å². The largest absolute Gasteiger partial charge is 0.494 e. The van der Waals surface area contributed by atoms with Gasteiger partial charge >= 0.3 is 0 Å². The number of nitrogens with one attached hydrogen (secondary N) is 2. The van der Waals surface area contributed by atoms with Crippen molar-refractivity contribution >= 4 is 40.5 Å². The van der Waals surface area contributed by atoms with Crippen molar-refractivity contribution < 1.29 is 9.53 Å². The molecular weight excluding hydrogens is 344 g/mol. The van der Waals surface area contributed by atoms with Gasteiger partial charge in [-0.2, -0.15) is 0 Å². The summed E-state index contributed by atoms with van der Waals surface area (Å²) < 4.78 is 5.57. The number of amides is 1. The first-order valence-electron chi connectivity index (χ1n) is 7.69. The summed E-state index contributed by atoms with van der Waals surface area (Å²) in [6.07, 6.45) is 2.09. The third kappa shape index (κ3) is 5.83. The Morgan fingerprint density at radius 3 is 2.62 bits per heavy atom. The highest BCUT2D eigenvalue weighted by molar-refractivity contribution is 7.80. The molecule has 0 atom stereocenters. The van der Waals surface area contributed by atoms with Crippen LogP contribution in [0.1, 0.15) is 30.1 Å². The molecule has 0 saturated heterocycles. The molecule has 4 nitrogen and oxygen atoms in total. The maximum Gasteiger partial charge on any atom is 0.257 e. The summed E-state index contributed by atoms with van der Waals surface area (Å²) in [4.78, 5) is 12.2. The van der Waals surface area contributed by atoms with Crippen molar-refractivity contribution in [1.29, 1.82) is 0 Å². The maximum absolute atomic E-state index is 12.2. The molecule has 126 valence electrons. The maximum atomic E-state index is 12.2. The van der Waals surface area contributed by atoms with Crippen molar-refractivity contribution in [1.82, 2.24) is 5.32 Å². The molecular formula is C18H19ClN2O2S. The minimum atomic E-state index is -0.283. The molecule has 0 radical (unpaired) electrons. The van der Waals surface area contributed by atoms with Gasteiger partial charge < -0.3 is 10.1 Å². The highest BCUT2D eigenvalue weighted by Gasteiger charge is 2.08. The molecule has 2 aromatic rings. The van der Waals surface area contributed by atoms with E-state index < -0.39 is 0 Å². The Labute approximate surface area is 152 Å². The number of halogens is 1. The van der Waals surface area contributed by atoms with Crippen LogP contribution in [0.4, 0.5) is 5.69 Å². The lowest BCUT2D eigenvalue weighted by atomic mass is 10.2. The van der Waals surface area contributed by atoms with Crippen LogP contribution in [-0.2, 0) is 0 Å². The average Bonchev–Trinajstić information content (AvgIpc) is 2.55. The number of hydrogen-bond acceptors (Lipinski definition) is 3. The summed E-state index contributed by atoms with van der Waals surface area (Å²) in [5.74, 6) is 0.467. The zero-order chi connectivity index (χ0) is 17.4. The van der Waals surface area contributed by atoms with Gasteiger partial charge in [-0.1, -0.05) is 31.0 Å². The fourth-order valence-corrected chi connectivity index (χ4v) is 2.34. The summed E-state index contributed by atoms with van der Waals surface area (Å²) >= 11 is 11.0. The first-order chi connectivity index (χ1) is 11.6. The Hall–Kier alpha value is -2.11. The predicted molar refractivity (Wildman–Crippen MR) is 102 cm³/mol. The molecule has 0 saturated carbocycles. The molecule has 0 fully saturated rings. The third-order valence-corrected chi connectivity index (χ3v) is 3.63. The van der Waals surface area contributed by atoms with Crippen molar-refractivity contribution in [2.24, 2.45) is 0 Å². The van der Waals surface area contributed by atoms with Crippen LogP contribution in [0.25, 0.3) is 0 Å². The van der Waals surface area contributed by atoms with E-state index in [4.69, 9.17) is 28.6 Å². The molecule has 0 aliphatic carbocycles. The van der Waals surface area contributed by atoms with Gasteiger partial charge in [0.05, 0.1) is 6.61 Å². The summed E-state index contributed by atoms with van der Waals surface area (Å²) in [5, 5.41) is 6.36. The summed E-state index contributed by atoms with van der Waals surface area (Å²) in [6, 6.07) is 14.1. The number of thiocarbonyl (C=S) groups is 1. The highest BCUT2D eigenvalue weighted by Crippen LogP contribution is 2.15. The number of carbonyl (C=O) groups is 1. The molecule has 1 amide bonds. The third-order valence-electron chi connectivity index (χ3n) is 3.19. The molecule has 2 aromatic carbocycles. The zero-order valence-electron chi connectivity index (χ0n) is 13.3. The van der Waals surface area contributed by atoms with Gasteiger partial charge in [-0.15, -0.1) is 0 Å². The van der Waals surface area contributed by atoms with E-state index in [-0.39, 0.29) is 11.0 Å². The quantitative estimate of drug-likeness (QED) is 0.580. The molecule has 0 aromatic heterocycles. The Morgan fingerprint density at radius 1 is 1.21 bits per heavy atom. The van der Waals surface area contributed by atoms with Crippen LogP contribution >= 0.6 is 23.8 Å². The van der Waals surface area contributed by atoms with E-state index >= 15 is 0 Å². The standard InChI is InChI=1S/C18H19ClN2O2S/c1-2-3-11-23-16-9-7-13(8-10-16)17(22)21-18(24)20-15-6-4-5-14(19)12-15/h4-10,12H,2-3,11H2,1H3,(H2,20,21,22,24). The first-order valence-corrected chi connectivity index (χ1v) is 8.48. The number of rotatable bonds is 6. The van der Waals surface area contributed by atoms with Gasteiger partial charge in [0.1, 0.15) is 5.75 Å². The molecule has 0 aliphatic rings. The molecule has 2 N–H and O–H groups in total. The second-order valence-electron chi connectivity index (χ2n) is 5.14. The van der Waals surface area contributed by atoms with Gasteiger partial charge in [0.25, 0.3) is 5.91 Å². The molecule has 0 bridgehead atoms. The number of carbonyl (C=O) groups excluding carboxylic acids is 1. The van der Waals surface area contributed by atoms with E-state index in [9.17, 15) is 4.79 Å². The summed E-state index contributed by atoms with van der Waals surface area (Å²) in [6.45, 7) is 2.78. The molecule has 0 spiro atoms. The SMILES string of the molecule is CCCCOc1ccc(C(=O)NC(=S)Nc2cccc(Cl)c2)cc1. The smallest absolute Gasteiger partial charge is 0.257 e. The number of ether oxygens (including phenoxy) is 1. The van der Waals surface area contributed by atoms with Crippen molar-refractivity contribution in [3.63, 3.8) is 0 Å². The lowest BCUT2D eigenvalue weighted by Gasteiger charge is -2.10. The van der Waals surface area contributed by atoms with Gasteiger partial charge in [0, 0.05) is 16.3 Å². The predicted octanol–water partition coefficient (Wildman–Crippen LogP) is 4.65. The summed E-state index contributed by atoms with van der Waals surface area (Å²) in [7, 11) is 0. The van der Waals surface area contributed by atoms with Crippen LogP contribution in [0.2, 0.25) is 5.02 Å². The van der Waals surface area contributed by atoms with Gasteiger partial charge in [0.2, 0.25) is 0 Å². The second-order valence-corrected chi connectivity index (χ2v) is 5.99. The summed E-state index contributed by atoms with van der Waals surface area (Å²) in [5.41, 5.74) is 1.22. The van der Waals surface area contributed by atoms with Gasteiger partial charge in [-0.3, -0.25) is 10.1 Å². The molecule has 0 unspecified atom stereocenters. The Bertz CT molecular complexity index is 704. The molecule has 6 heteroatoms. The Balaban J connectivity index is 1.88. The van der Waals surface area contributed by atoms with Crippen molar-refractivity contribution in [3.05, 3.63) is 59.1 Å². The van der Waals surface area contributed by atoms with Crippen molar-refractivity contribution in [3.8, 4) is 5.75 Å². The fraction of sp³-hybridized carbons (Fsp3) is 0.222. The lowest BCUT2D eigenvalue weighted by molar-refractivity contribution is 0.0977. The van der Waals surface area contributed by atoms with Crippen LogP contribution in [0.15, 0.2) is 48.5 Å². The Kier molecular flexibility index (Phi) is 7.03. The fourth-order valence-electron chi connectivity index (χ4n) is 1.94. The van der Waals surface area contributed by atoms with E-state index in [1.54, 1.807) is 42.5 Å². The van der Waals surface area contributed by atoms with Crippen molar-refractivity contribution in [2.75, 3.05) is 11.9 Å². The highest BCUT2D eigenvalue weighted by atomic mass is 35.5. The van der Waals surface area contributed by atoms with Crippen LogP contribution < -0.4 is 15.4 Å². The van der Waals surface area contributed by atoms with Crippen LogP contribution in [0.3, 0.4) is 0 Å². The van der Waals surface area contributed by atoms with Crippen LogP contribution in [0, 0.1) is 0 Å². The lowest BCUT2D eigenvalue weighted by Crippen LogP contribution is -2.34. The number of hydrogen-bond donors (Lipinski definition) is 2. The molecule has 2 rings (SSSR count). The second kappa shape index (κ2) is 9.25. The number of unbranched alkanes of at least 4 members (excludes halogenated alkanes) is 1. The number of benzene rings is 2. The topological polar surface area (TPSA) is 50.4 Å². The van der Waals surface area contributed by atoms with E-state index in [2.05, 4.69) is 17.6 Å². The normalized spacial score (nSPS) is 10.1. The number of anilines is 1. The average molecular weight is 363 g/mol. The van der Waals surface area contributed by atoms with Gasteiger partial charge in [-0.25, -0.2) is 0 Å². The first kappa shape index (κ1) is 18.2. The van der Waals surface area contributed by atoms with Gasteiger partial charge in [0.15, 0.2) is 5.11 Å².